The maximum atomic E-state index is 6.02. The molecule has 0 aliphatic carbocycles. The zero-order valence-corrected chi connectivity index (χ0v) is 19.9. The Balaban J connectivity index is 1.42. The van der Waals surface area contributed by atoms with Gasteiger partial charge < -0.3 is 9.30 Å². The summed E-state index contributed by atoms with van der Waals surface area (Å²) in [6, 6.07) is 14.6. The quantitative estimate of drug-likeness (QED) is 0.298. The van der Waals surface area contributed by atoms with Crippen LogP contribution >= 0.6 is 23.1 Å². The summed E-state index contributed by atoms with van der Waals surface area (Å²) in [5.41, 5.74) is 5.87. The highest BCUT2D eigenvalue weighted by Crippen LogP contribution is 2.29. The third kappa shape index (κ3) is 4.99. The Morgan fingerprint density at radius 1 is 1.03 bits per heavy atom. The second kappa shape index (κ2) is 9.66. The van der Waals surface area contributed by atoms with Crippen LogP contribution in [-0.2, 0) is 18.9 Å². The molecule has 160 valence electrons. The van der Waals surface area contributed by atoms with E-state index in [9.17, 15) is 0 Å². The Hall–Kier alpha value is -2.64. The Morgan fingerprint density at radius 2 is 1.87 bits per heavy atom. The molecule has 0 aliphatic heterocycles. The highest BCUT2D eigenvalue weighted by molar-refractivity contribution is 7.98. The first-order chi connectivity index (χ1) is 15.0. The molecule has 5 nitrogen and oxygen atoms in total. The van der Waals surface area contributed by atoms with Crippen LogP contribution in [-0.4, -0.2) is 19.7 Å². The van der Waals surface area contributed by atoms with Gasteiger partial charge in [0.25, 0.3) is 0 Å². The maximum Gasteiger partial charge on any atom is 0.191 e. The standard InChI is InChI=1S/C24H26N4OS2/c1-5-28-22(13-29-21-11-10-16(2)12-18(21)4)26-27-24(28)31-15-19-14-30-23(25-19)20-9-7-6-8-17(20)3/h6-12,14H,5,13,15H2,1-4H3. The Labute approximate surface area is 191 Å². The van der Waals surface area contributed by atoms with Crippen LogP contribution in [0.25, 0.3) is 10.6 Å². The molecule has 2 aromatic heterocycles. The van der Waals surface area contributed by atoms with Crippen molar-refractivity contribution in [3.63, 3.8) is 0 Å². The molecule has 2 heterocycles. The van der Waals surface area contributed by atoms with Gasteiger partial charge in [0.05, 0.1) is 5.69 Å². The molecule has 0 fully saturated rings. The molecule has 0 saturated heterocycles. The summed E-state index contributed by atoms with van der Waals surface area (Å²) in [7, 11) is 0. The van der Waals surface area contributed by atoms with Crippen LogP contribution in [0.3, 0.4) is 0 Å². The first-order valence-electron chi connectivity index (χ1n) is 10.3. The molecule has 0 aliphatic rings. The van der Waals surface area contributed by atoms with Crippen molar-refractivity contribution in [2.45, 2.75) is 51.8 Å². The summed E-state index contributed by atoms with van der Waals surface area (Å²) in [6.45, 7) is 9.57. The normalized spacial score (nSPS) is 11.1. The molecule has 0 amide bonds. The minimum Gasteiger partial charge on any atom is -0.485 e. The molecular formula is C24H26N4OS2. The van der Waals surface area contributed by atoms with E-state index in [-0.39, 0.29) is 0 Å². The van der Waals surface area contributed by atoms with Crippen molar-refractivity contribution in [2.75, 3.05) is 0 Å². The molecule has 0 atom stereocenters. The highest BCUT2D eigenvalue weighted by Gasteiger charge is 2.14. The lowest BCUT2D eigenvalue weighted by atomic mass is 10.1. The summed E-state index contributed by atoms with van der Waals surface area (Å²) >= 11 is 3.35. The molecule has 0 radical (unpaired) electrons. The summed E-state index contributed by atoms with van der Waals surface area (Å²) in [6.07, 6.45) is 0. The molecule has 2 aromatic carbocycles. The fourth-order valence-electron chi connectivity index (χ4n) is 3.40. The number of rotatable bonds is 8. The third-order valence-electron chi connectivity index (χ3n) is 5.07. The summed E-state index contributed by atoms with van der Waals surface area (Å²) < 4.78 is 8.13. The Morgan fingerprint density at radius 3 is 2.65 bits per heavy atom. The van der Waals surface area contributed by atoms with Gasteiger partial charge in [-0.05, 0) is 44.9 Å². The second-order valence-electron chi connectivity index (χ2n) is 7.45. The molecule has 0 unspecified atom stereocenters. The van der Waals surface area contributed by atoms with E-state index >= 15 is 0 Å². The van der Waals surface area contributed by atoms with Gasteiger partial charge in [0.1, 0.15) is 17.4 Å². The van der Waals surface area contributed by atoms with E-state index in [0.29, 0.717) is 6.61 Å². The van der Waals surface area contributed by atoms with Crippen LogP contribution < -0.4 is 4.74 Å². The monoisotopic (exact) mass is 450 g/mol. The predicted octanol–water partition coefficient (Wildman–Crippen LogP) is 6.22. The van der Waals surface area contributed by atoms with Crippen molar-refractivity contribution in [3.8, 4) is 16.3 Å². The summed E-state index contributed by atoms with van der Waals surface area (Å²) in [5, 5.41) is 12.9. The van der Waals surface area contributed by atoms with Crippen LogP contribution in [0.5, 0.6) is 5.75 Å². The number of benzene rings is 2. The minimum atomic E-state index is 0.402. The van der Waals surface area contributed by atoms with E-state index < -0.39 is 0 Å². The number of aryl methyl sites for hydroxylation is 3. The largest absolute Gasteiger partial charge is 0.485 e. The smallest absolute Gasteiger partial charge is 0.191 e. The molecule has 4 rings (SSSR count). The molecule has 7 heteroatoms. The van der Waals surface area contributed by atoms with Gasteiger partial charge >= 0.3 is 0 Å². The van der Waals surface area contributed by atoms with Gasteiger partial charge in [-0.3, -0.25) is 0 Å². The van der Waals surface area contributed by atoms with E-state index in [0.717, 1.165) is 45.3 Å². The first-order valence-corrected chi connectivity index (χ1v) is 12.2. The summed E-state index contributed by atoms with van der Waals surface area (Å²) in [5.74, 6) is 2.49. The van der Waals surface area contributed by atoms with E-state index in [1.165, 1.54) is 16.7 Å². The number of nitrogens with zero attached hydrogens (tertiary/aromatic N) is 4. The van der Waals surface area contributed by atoms with Gasteiger partial charge in [0.15, 0.2) is 11.0 Å². The molecule has 0 saturated carbocycles. The van der Waals surface area contributed by atoms with Crippen LogP contribution in [0.4, 0.5) is 0 Å². The lowest BCUT2D eigenvalue weighted by molar-refractivity contribution is 0.286. The van der Waals surface area contributed by atoms with Gasteiger partial charge in [-0.1, -0.05) is 53.7 Å². The van der Waals surface area contributed by atoms with Crippen LogP contribution in [0, 0.1) is 20.8 Å². The highest BCUT2D eigenvalue weighted by atomic mass is 32.2. The molecular weight excluding hydrogens is 424 g/mol. The average Bonchev–Trinajstić information content (AvgIpc) is 3.38. The lowest BCUT2D eigenvalue weighted by Crippen LogP contribution is -2.07. The lowest BCUT2D eigenvalue weighted by Gasteiger charge is -2.11. The van der Waals surface area contributed by atoms with Crippen LogP contribution in [0.15, 0.2) is 53.0 Å². The SMILES string of the molecule is CCn1c(COc2ccc(C)cc2C)nnc1SCc1csc(-c2ccccc2C)n1. The van der Waals surface area contributed by atoms with E-state index in [1.54, 1.807) is 23.1 Å². The van der Waals surface area contributed by atoms with E-state index in [2.05, 4.69) is 84.2 Å². The van der Waals surface area contributed by atoms with Crippen molar-refractivity contribution >= 4 is 23.1 Å². The fraction of sp³-hybridized carbons (Fsp3) is 0.292. The van der Waals surface area contributed by atoms with Crippen molar-refractivity contribution in [1.82, 2.24) is 19.7 Å². The molecule has 0 N–H and O–H groups in total. The van der Waals surface area contributed by atoms with Gasteiger partial charge in [0, 0.05) is 23.2 Å². The Bertz CT molecular complexity index is 1180. The fourth-order valence-corrected chi connectivity index (χ4v) is 5.33. The molecule has 0 bridgehead atoms. The van der Waals surface area contributed by atoms with E-state index in [1.807, 2.05) is 6.07 Å². The van der Waals surface area contributed by atoms with Gasteiger partial charge in [0.2, 0.25) is 0 Å². The number of thioether (sulfide) groups is 1. The number of thiazole rings is 1. The number of hydrogen-bond donors (Lipinski definition) is 0. The van der Waals surface area contributed by atoms with E-state index in [4.69, 9.17) is 9.72 Å². The number of ether oxygens (including phenoxy) is 1. The van der Waals surface area contributed by atoms with Crippen molar-refractivity contribution in [2.24, 2.45) is 0 Å². The maximum absolute atomic E-state index is 6.02. The summed E-state index contributed by atoms with van der Waals surface area (Å²) in [4.78, 5) is 4.83. The zero-order chi connectivity index (χ0) is 21.8. The molecule has 4 aromatic rings. The van der Waals surface area contributed by atoms with Crippen LogP contribution in [0.1, 0.15) is 35.1 Å². The van der Waals surface area contributed by atoms with Crippen molar-refractivity contribution < 1.29 is 4.74 Å². The molecule has 31 heavy (non-hydrogen) atoms. The first kappa shape index (κ1) is 21.6. The Kier molecular flexibility index (Phi) is 6.73. The number of hydrogen-bond acceptors (Lipinski definition) is 6. The third-order valence-corrected chi connectivity index (χ3v) is 7.00. The predicted molar refractivity (Wildman–Crippen MR) is 128 cm³/mol. The minimum absolute atomic E-state index is 0.402. The topological polar surface area (TPSA) is 52.8 Å². The molecule has 0 spiro atoms. The van der Waals surface area contributed by atoms with Gasteiger partial charge in [-0.25, -0.2) is 4.98 Å². The average molecular weight is 451 g/mol. The van der Waals surface area contributed by atoms with Gasteiger partial charge in [-0.15, -0.1) is 21.5 Å². The second-order valence-corrected chi connectivity index (χ2v) is 9.25. The van der Waals surface area contributed by atoms with Gasteiger partial charge in [-0.2, -0.15) is 0 Å². The van der Waals surface area contributed by atoms with Crippen molar-refractivity contribution in [1.29, 1.82) is 0 Å². The van der Waals surface area contributed by atoms with Crippen LogP contribution in [0.2, 0.25) is 0 Å². The zero-order valence-electron chi connectivity index (χ0n) is 18.3. The van der Waals surface area contributed by atoms with Crippen molar-refractivity contribution in [3.05, 3.63) is 76.1 Å². The number of aromatic nitrogens is 4.